The van der Waals surface area contributed by atoms with E-state index in [1.54, 1.807) is 7.05 Å². The monoisotopic (exact) mass is 254 g/mol. The molecule has 100 valence electrons. The molecule has 0 radical (unpaired) electrons. The highest BCUT2D eigenvalue weighted by Crippen LogP contribution is 2.24. The summed E-state index contributed by atoms with van der Waals surface area (Å²) in [7, 11) is 1.80. The van der Waals surface area contributed by atoms with Crippen LogP contribution in [0.4, 0.5) is 13.2 Å². The number of carbonyl (C=O) groups is 1. The van der Waals surface area contributed by atoms with Crippen LogP contribution >= 0.6 is 0 Å². The Hall–Kier alpha value is -0.820. The van der Waals surface area contributed by atoms with E-state index in [9.17, 15) is 18.0 Å². The number of carbonyl (C=O) groups excluding carboxylic acids is 1. The van der Waals surface area contributed by atoms with Gasteiger partial charge in [0.2, 0.25) is 0 Å². The third kappa shape index (κ3) is 4.16. The number of hydrogen-bond donors (Lipinski definition) is 1. The molecule has 1 aliphatic rings. The quantitative estimate of drug-likeness (QED) is 0.786. The minimum atomic E-state index is -4.77. The van der Waals surface area contributed by atoms with Crippen LogP contribution in [-0.2, 0) is 4.79 Å². The van der Waals surface area contributed by atoms with E-state index < -0.39 is 12.1 Å². The van der Waals surface area contributed by atoms with Gasteiger partial charge in [-0.1, -0.05) is 0 Å². The summed E-state index contributed by atoms with van der Waals surface area (Å²) in [5.74, 6) is -1.69. The van der Waals surface area contributed by atoms with Gasteiger partial charge in [0.25, 0.3) is 0 Å². The lowest BCUT2D eigenvalue weighted by Crippen LogP contribution is -2.40. The summed E-state index contributed by atoms with van der Waals surface area (Å²) in [4.78, 5) is 13.7. The van der Waals surface area contributed by atoms with Gasteiger partial charge in [-0.05, 0) is 19.4 Å². The van der Waals surface area contributed by atoms with E-state index in [1.807, 2.05) is 4.90 Å². The fourth-order valence-electron chi connectivity index (χ4n) is 2.05. The Kier molecular flexibility index (Phi) is 4.76. The van der Waals surface area contributed by atoms with Crippen molar-refractivity contribution in [1.82, 2.24) is 9.80 Å². The highest BCUT2D eigenvalue weighted by Gasteiger charge is 2.44. The number of amides is 1. The molecule has 1 amide bonds. The number of likely N-dealkylation sites (tertiary alicyclic amines) is 1. The van der Waals surface area contributed by atoms with Gasteiger partial charge in [-0.25, -0.2) is 0 Å². The van der Waals surface area contributed by atoms with Crippen molar-refractivity contribution in [3.05, 3.63) is 0 Å². The van der Waals surface area contributed by atoms with Crippen molar-refractivity contribution < 1.29 is 23.1 Å². The molecule has 1 fully saturated rings. The number of hydrogen-bond acceptors (Lipinski definition) is 3. The number of aliphatic hydroxyl groups excluding tert-OH is 1. The standard InChI is InChI=1S/C10H17F3N2O2/c1-14(4-5-16)6-8-2-3-15(7-8)9(17)10(11,12)13/h8,16H,2-7H2,1H3. The fourth-order valence-corrected chi connectivity index (χ4v) is 2.05. The van der Waals surface area contributed by atoms with Crippen LogP contribution in [0.25, 0.3) is 0 Å². The molecule has 1 atom stereocenters. The Labute approximate surface area is 98.0 Å². The molecule has 0 bridgehead atoms. The van der Waals surface area contributed by atoms with Crippen LogP contribution in [0.3, 0.4) is 0 Å². The van der Waals surface area contributed by atoms with Gasteiger partial charge in [-0.15, -0.1) is 0 Å². The van der Waals surface area contributed by atoms with E-state index in [0.717, 1.165) is 4.90 Å². The molecule has 0 aliphatic carbocycles. The third-order valence-corrected chi connectivity index (χ3v) is 2.87. The Morgan fingerprint density at radius 2 is 2.18 bits per heavy atom. The molecule has 1 saturated heterocycles. The average molecular weight is 254 g/mol. The number of rotatable bonds is 4. The molecule has 0 aromatic heterocycles. The lowest BCUT2D eigenvalue weighted by molar-refractivity contribution is -0.184. The van der Waals surface area contributed by atoms with Crippen LogP contribution in [0, 0.1) is 5.92 Å². The summed E-state index contributed by atoms with van der Waals surface area (Å²) in [6.45, 7) is 1.42. The zero-order valence-corrected chi connectivity index (χ0v) is 9.70. The molecule has 7 heteroatoms. The molecule has 1 rings (SSSR count). The molecule has 0 saturated carbocycles. The summed E-state index contributed by atoms with van der Waals surface area (Å²) < 4.78 is 36.5. The van der Waals surface area contributed by atoms with E-state index >= 15 is 0 Å². The van der Waals surface area contributed by atoms with E-state index in [0.29, 0.717) is 19.5 Å². The van der Waals surface area contributed by atoms with Gasteiger partial charge in [-0.2, -0.15) is 13.2 Å². The molecule has 0 spiro atoms. The van der Waals surface area contributed by atoms with Crippen LogP contribution < -0.4 is 0 Å². The topological polar surface area (TPSA) is 43.8 Å². The van der Waals surface area contributed by atoms with Crippen molar-refractivity contribution in [2.45, 2.75) is 12.6 Å². The van der Waals surface area contributed by atoms with Crippen LogP contribution in [-0.4, -0.2) is 66.8 Å². The first kappa shape index (κ1) is 14.2. The second kappa shape index (κ2) is 5.68. The summed E-state index contributed by atoms with van der Waals surface area (Å²) in [6.07, 6.45) is -4.19. The van der Waals surface area contributed by atoms with Gasteiger partial charge in [0.05, 0.1) is 6.61 Å². The van der Waals surface area contributed by atoms with Crippen molar-refractivity contribution in [2.24, 2.45) is 5.92 Å². The third-order valence-electron chi connectivity index (χ3n) is 2.87. The lowest BCUT2D eigenvalue weighted by atomic mass is 10.1. The molecule has 1 N–H and O–H groups in total. The maximum absolute atomic E-state index is 12.2. The van der Waals surface area contributed by atoms with E-state index in [2.05, 4.69) is 0 Å². The minimum absolute atomic E-state index is 0.0222. The summed E-state index contributed by atoms with van der Waals surface area (Å²) >= 11 is 0. The van der Waals surface area contributed by atoms with Crippen LogP contribution in [0.1, 0.15) is 6.42 Å². The zero-order chi connectivity index (χ0) is 13.1. The summed E-state index contributed by atoms with van der Waals surface area (Å²) in [5, 5.41) is 8.70. The Morgan fingerprint density at radius 3 is 2.71 bits per heavy atom. The Bertz CT molecular complexity index is 271. The minimum Gasteiger partial charge on any atom is -0.395 e. The van der Waals surface area contributed by atoms with Crippen LogP contribution in [0.2, 0.25) is 0 Å². The van der Waals surface area contributed by atoms with E-state index in [4.69, 9.17) is 5.11 Å². The highest BCUT2D eigenvalue weighted by atomic mass is 19.4. The number of alkyl halides is 3. The van der Waals surface area contributed by atoms with Gasteiger partial charge in [0, 0.05) is 26.2 Å². The number of halogens is 3. The summed E-state index contributed by atoms with van der Waals surface area (Å²) in [5.41, 5.74) is 0. The molecule has 1 heterocycles. The normalized spacial score (nSPS) is 21.3. The zero-order valence-electron chi connectivity index (χ0n) is 9.70. The van der Waals surface area contributed by atoms with Crippen molar-refractivity contribution in [1.29, 1.82) is 0 Å². The van der Waals surface area contributed by atoms with Gasteiger partial charge >= 0.3 is 12.1 Å². The fraction of sp³-hybridized carbons (Fsp3) is 0.900. The van der Waals surface area contributed by atoms with Crippen LogP contribution in [0.5, 0.6) is 0 Å². The lowest BCUT2D eigenvalue weighted by Gasteiger charge is -2.21. The first-order valence-electron chi connectivity index (χ1n) is 5.50. The number of nitrogens with zero attached hydrogens (tertiary/aromatic N) is 2. The first-order chi connectivity index (χ1) is 7.84. The molecule has 17 heavy (non-hydrogen) atoms. The largest absolute Gasteiger partial charge is 0.471 e. The van der Waals surface area contributed by atoms with Crippen molar-refractivity contribution >= 4 is 5.91 Å². The smallest absolute Gasteiger partial charge is 0.395 e. The van der Waals surface area contributed by atoms with Crippen molar-refractivity contribution in [2.75, 3.05) is 39.8 Å². The van der Waals surface area contributed by atoms with Gasteiger partial charge in [0.15, 0.2) is 0 Å². The molecule has 0 aromatic carbocycles. The Morgan fingerprint density at radius 1 is 1.53 bits per heavy atom. The molecule has 1 unspecified atom stereocenters. The van der Waals surface area contributed by atoms with E-state index in [-0.39, 0.29) is 25.6 Å². The van der Waals surface area contributed by atoms with Crippen LogP contribution in [0.15, 0.2) is 0 Å². The Balaban J connectivity index is 2.40. The van der Waals surface area contributed by atoms with Crippen molar-refractivity contribution in [3.8, 4) is 0 Å². The van der Waals surface area contributed by atoms with Gasteiger partial charge in [-0.3, -0.25) is 4.79 Å². The average Bonchev–Trinajstić information content (AvgIpc) is 2.63. The van der Waals surface area contributed by atoms with Crippen molar-refractivity contribution in [3.63, 3.8) is 0 Å². The summed E-state index contributed by atoms with van der Waals surface area (Å²) in [6, 6.07) is 0. The predicted octanol–water partition coefficient (Wildman–Crippen LogP) is 0.321. The van der Waals surface area contributed by atoms with E-state index in [1.165, 1.54) is 0 Å². The van der Waals surface area contributed by atoms with Gasteiger partial charge < -0.3 is 14.9 Å². The molecular weight excluding hydrogens is 237 g/mol. The second-order valence-electron chi connectivity index (χ2n) is 4.39. The number of aliphatic hydroxyl groups is 1. The molecule has 1 aliphatic heterocycles. The molecular formula is C10H17F3N2O2. The SMILES string of the molecule is CN(CCO)CC1CCN(C(=O)C(F)(F)F)C1. The molecule has 4 nitrogen and oxygen atoms in total. The maximum atomic E-state index is 12.2. The first-order valence-corrected chi connectivity index (χ1v) is 5.50. The molecule has 0 aromatic rings. The van der Waals surface area contributed by atoms with Gasteiger partial charge in [0.1, 0.15) is 0 Å². The second-order valence-corrected chi connectivity index (χ2v) is 4.39. The predicted molar refractivity (Wildman–Crippen MR) is 55.3 cm³/mol. The highest BCUT2D eigenvalue weighted by molar-refractivity contribution is 5.82. The maximum Gasteiger partial charge on any atom is 0.471 e. The number of likely N-dealkylation sites (N-methyl/N-ethyl adjacent to an activating group) is 1.